The molecular weight excluding hydrogens is 316 g/mol. The lowest BCUT2D eigenvalue weighted by Crippen LogP contribution is -2.38. The molecule has 1 atom stereocenters. The number of aromatic nitrogens is 5. The monoisotopic (exact) mass is 336 g/mol. The fourth-order valence-electron chi connectivity index (χ4n) is 2.82. The van der Waals surface area contributed by atoms with Gasteiger partial charge in [0.25, 0.3) is 0 Å². The van der Waals surface area contributed by atoms with E-state index in [1.807, 2.05) is 36.4 Å². The van der Waals surface area contributed by atoms with Crippen LogP contribution in [0.15, 0.2) is 49.1 Å². The fourth-order valence-corrected chi connectivity index (χ4v) is 2.82. The molecule has 3 aromatic rings. The highest BCUT2D eigenvalue weighted by Gasteiger charge is 2.13. The van der Waals surface area contributed by atoms with Crippen molar-refractivity contribution in [2.75, 3.05) is 23.7 Å². The molecule has 8 nitrogen and oxygen atoms in total. The molecule has 4 rings (SSSR count). The Hall–Kier alpha value is -3.00. The smallest absolute Gasteiger partial charge is 0.247 e. The van der Waals surface area contributed by atoms with Crippen molar-refractivity contribution < 1.29 is 0 Å². The average Bonchev–Trinajstić information content (AvgIpc) is 3.12. The third kappa shape index (κ3) is 3.92. The molecule has 2 aromatic heterocycles. The predicted octanol–water partition coefficient (Wildman–Crippen LogP) is 1.96. The van der Waals surface area contributed by atoms with Crippen LogP contribution in [-0.4, -0.2) is 43.9 Å². The van der Waals surface area contributed by atoms with E-state index in [1.165, 1.54) is 6.42 Å². The number of rotatable bonds is 5. The Morgan fingerprint density at radius 3 is 2.88 bits per heavy atom. The lowest BCUT2D eigenvalue weighted by molar-refractivity contribution is 0.479. The van der Waals surface area contributed by atoms with Gasteiger partial charge in [0.2, 0.25) is 5.95 Å². The van der Waals surface area contributed by atoms with Crippen LogP contribution in [0.1, 0.15) is 12.8 Å². The number of hydrogen-bond acceptors (Lipinski definition) is 7. The molecule has 128 valence electrons. The van der Waals surface area contributed by atoms with E-state index in [1.54, 1.807) is 17.3 Å². The molecule has 1 aromatic carbocycles. The zero-order valence-electron chi connectivity index (χ0n) is 13.8. The Balaban J connectivity index is 1.47. The Kier molecular flexibility index (Phi) is 4.51. The summed E-state index contributed by atoms with van der Waals surface area (Å²) in [6.45, 7) is 2.04. The number of piperidine rings is 1. The van der Waals surface area contributed by atoms with E-state index >= 15 is 0 Å². The molecule has 3 N–H and O–H groups in total. The topological polar surface area (TPSA) is 92.6 Å². The molecule has 0 unspecified atom stereocenters. The van der Waals surface area contributed by atoms with Crippen LogP contribution in [-0.2, 0) is 0 Å². The van der Waals surface area contributed by atoms with Gasteiger partial charge in [-0.2, -0.15) is 4.98 Å². The maximum atomic E-state index is 4.43. The van der Waals surface area contributed by atoms with Gasteiger partial charge in [-0.3, -0.25) is 0 Å². The zero-order chi connectivity index (χ0) is 16.9. The average molecular weight is 336 g/mol. The van der Waals surface area contributed by atoms with Crippen LogP contribution in [0.25, 0.3) is 5.82 Å². The van der Waals surface area contributed by atoms with E-state index in [2.05, 4.69) is 36.0 Å². The molecule has 1 aliphatic heterocycles. The third-order valence-corrected chi connectivity index (χ3v) is 4.06. The number of benzene rings is 1. The number of nitrogens with one attached hydrogen (secondary N) is 3. The molecule has 0 radical (unpaired) electrons. The first-order valence-electron chi connectivity index (χ1n) is 8.40. The second-order valence-corrected chi connectivity index (χ2v) is 5.95. The summed E-state index contributed by atoms with van der Waals surface area (Å²) in [6.07, 6.45) is 5.49. The highest BCUT2D eigenvalue weighted by molar-refractivity contribution is 5.52. The number of hydrogen-bond donors (Lipinski definition) is 3. The van der Waals surface area contributed by atoms with Crippen molar-refractivity contribution in [2.24, 2.45) is 0 Å². The van der Waals surface area contributed by atoms with Gasteiger partial charge in [-0.05, 0) is 31.5 Å². The van der Waals surface area contributed by atoms with Crippen LogP contribution in [0.5, 0.6) is 0 Å². The maximum absolute atomic E-state index is 4.43. The molecule has 25 heavy (non-hydrogen) atoms. The van der Waals surface area contributed by atoms with Crippen LogP contribution in [0.4, 0.5) is 17.5 Å². The van der Waals surface area contributed by atoms with Gasteiger partial charge in [0, 0.05) is 24.3 Å². The van der Waals surface area contributed by atoms with Gasteiger partial charge in [-0.25, -0.2) is 14.6 Å². The number of anilines is 3. The molecular formula is C17H20N8. The molecule has 3 heterocycles. The van der Waals surface area contributed by atoms with Crippen molar-refractivity contribution in [3.8, 4) is 5.82 Å². The summed E-state index contributed by atoms with van der Waals surface area (Å²) in [7, 11) is 0. The summed E-state index contributed by atoms with van der Waals surface area (Å²) >= 11 is 0. The summed E-state index contributed by atoms with van der Waals surface area (Å²) in [5, 5.41) is 14.4. The van der Waals surface area contributed by atoms with Crippen molar-refractivity contribution in [1.82, 2.24) is 30.0 Å². The van der Waals surface area contributed by atoms with Gasteiger partial charge in [0.05, 0.1) is 0 Å². The largest absolute Gasteiger partial charge is 0.366 e. The lowest BCUT2D eigenvalue weighted by Gasteiger charge is -2.24. The lowest BCUT2D eigenvalue weighted by atomic mass is 10.1. The molecule has 1 saturated heterocycles. The van der Waals surface area contributed by atoms with E-state index in [-0.39, 0.29) is 0 Å². The molecule has 0 aliphatic carbocycles. The highest BCUT2D eigenvalue weighted by atomic mass is 15.4. The molecule has 0 bridgehead atoms. The first-order chi connectivity index (χ1) is 12.4. The predicted molar refractivity (Wildman–Crippen MR) is 96.2 cm³/mol. The van der Waals surface area contributed by atoms with E-state index < -0.39 is 0 Å². The Labute approximate surface area is 145 Å². The second kappa shape index (κ2) is 7.27. The van der Waals surface area contributed by atoms with E-state index in [9.17, 15) is 0 Å². The van der Waals surface area contributed by atoms with Crippen molar-refractivity contribution in [2.45, 2.75) is 18.9 Å². The fraction of sp³-hybridized carbons (Fsp3) is 0.294. The first kappa shape index (κ1) is 15.5. The summed E-state index contributed by atoms with van der Waals surface area (Å²) in [5.41, 5.74) is 0.940. The van der Waals surface area contributed by atoms with Gasteiger partial charge in [-0.1, -0.05) is 18.2 Å². The molecule has 0 saturated carbocycles. The standard InChI is InChI=1S/C17H20N8/c1-2-5-13(6-3-1)23-17-21-12-25(24-17)16-9-15(19-11-20-16)22-14-7-4-8-18-10-14/h1-3,5-6,9,11-12,14,18H,4,7-8,10H2,(H,23,24)(H,19,20,22)/t14-/m0/s1. The zero-order valence-corrected chi connectivity index (χ0v) is 13.8. The Bertz CT molecular complexity index is 810. The van der Waals surface area contributed by atoms with Gasteiger partial charge in [0.15, 0.2) is 5.82 Å². The van der Waals surface area contributed by atoms with Gasteiger partial charge < -0.3 is 16.0 Å². The van der Waals surface area contributed by atoms with Crippen molar-refractivity contribution in [3.05, 3.63) is 49.1 Å². The first-order valence-corrected chi connectivity index (χ1v) is 8.40. The van der Waals surface area contributed by atoms with Crippen LogP contribution >= 0.6 is 0 Å². The van der Waals surface area contributed by atoms with Crippen molar-refractivity contribution in [1.29, 1.82) is 0 Å². The van der Waals surface area contributed by atoms with Crippen LogP contribution in [0.3, 0.4) is 0 Å². The van der Waals surface area contributed by atoms with E-state index in [0.717, 1.165) is 31.0 Å². The van der Waals surface area contributed by atoms with Crippen LogP contribution in [0.2, 0.25) is 0 Å². The molecule has 1 aliphatic rings. The van der Waals surface area contributed by atoms with Crippen molar-refractivity contribution >= 4 is 17.5 Å². The van der Waals surface area contributed by atoms with Crippen LogP contribution < -0.4 is 16.0 Å². The van der Waals surface area contributed by atoms with Gasteiger partial charge in [0.1, 0.15) is 18.5 Å². The SMILES string of the molecule is c1ccc(Nc2ncn(-c3cc(N[C@H]4CCCNC4)ncn3)n2)cc1. The normalized spacial score (nSPS) is 17.2. The highest BCUT2D eigenvalue weighted by Crippen LogP contribution is 2.15. The molecule has 0 spiro atoms. The number of nitrogens with zero attached hydrogens (tertiary/aromatic N) is 5. The second-order valence-electron chi connectivity index (χ2n) is 5.95. The summed E-state index contributed by atoms with van der Waals surface area (Å²) in [4.78, 5) is 12.9. The minimum absolute atomic E-state index is 0.391. The summed E-state index contributed by atoms with van der Waals surface area (Å²) < 4.78 is 1.64. The Morgan fingerprint density at radius 2 is 2.04 bits per heavy atom. The number of para-hydroxylation sites is 1. The maximum Gasteiger partial charge on any atom is 0.247 e. The Morgan fingerprint density at radius 1 is 1.12 bits per heavy atom. The molecule has 0 amide bonds. The summed E-state index contributed by atoms with van der Waals surface area (Å²) in [6, 6.07) is 12.1. The van der Waals surface area contributed by atoms with E-state index in [0.29, 0.717) is 17.8 Å². The minimum Gasteiger partial charge on any atom is -0.366 e. The molecule has 1 fully saturated rings. The van der Waals surface area contributed by atoms with E-state index in [4.69, 9.17) is 0 Å². The van der Waals surface area contributed by atoms with Gasteiger partial charge >= 0.3 is 0 Å². The minimum atomic E-state index is 0.391. The van der Waals surface area contributed by atoms with Crippen molar-refractivity contribution in [3.63, 3.8) is 0 Å². The van der Waals surface area contributed by atoms with Gasteiger partial charge in [-0.15, -0.1) is 5.10 Å². The van der Waals surface area contributed by atoms with Crippen LogP contribution in [0, 0.1) is 0 Å². The quantitative estimate of drug-likeness (QED) is 0.656. The summed E-state index contributed by atoms with van der Waals surface area (Å²) in [5.74, 6) is 2.00. The third-order valence-electron chi connectivity index (χ3n) is 4.06. The molecule has 8 heteroatoms.